The zero-order valence-corrected chi connectivity index (χ0v) is 9.13. The molecule has 0 aliphatic rings. The van der Waals surface area contributed by atoms with Crippen LogP contribution < -0.4 is 0 Å². The Labute approximate surface area is 86.8 Å². The van der Waals surface area contributed by atoms with E-state index in [1.54, 1.807) is 26.4 Å². The SMILES string of the molecule is CN(C(=O)c1cncs1)C(C)(C)C#N. The molecule has 0 radical (unpaired) electrons. The van der Waals surface area contributed by atoms with Crippen LogP contribution in [0, 0.1) is 11.3 Å². The van der Waals surface area contributed by atoms with Crippen LogP contribution in [0.5, 0.6) is 0 Å². The number of aromatic nitrogens is 1. The molecule has 0 fully saturated rings. The molecule has 1 aromatic rings. The lowest BCUT2D eigenvalue weighted by Crippen LogP contribution is -2.43. The summed E-state index contributed by atoms with van der Waals surface area (Å²) in [4.78, 5) is 17.5. The van der Waals surface area contributed by atoms with Crippen molar-refractivity contribution < 1.29 is 4.79 Å². The topological polar surface area (TPSA) is 57.0 Å². The van der Waals surface area contributed by atoms with Crippen LogP contribution >= 0.6 is 11.3 Å². The Morgan fingerprint density at radius 3 is 2.79 bits per heavy atom. The largest absolute Gasteiger partial charge is 0.323 e. The third-order valence-corrected chi connectivity index (χ3v) is 2.82. The van der Waals surface area contributed by atoms with Crippen LogP contribution in [0.4, 0.5) is 0 Å². The maximum atomic E-state index is 11.8. The molecule has 5 heteroatoms. The number of hydrogen-bond acceptors (Lipinski definition) is 4. The second-order valence-corrected chi connectivity index (χ2v) is 4.29. The van der Waals surface area contributed by atoms with Crippen molar-refractivity contribution in [1.29, 1.82) is 5.26 Å². The van der Waals surface area contributed by atoms with Crippen molar-refractivity contribution in [2.75, 3.05) is 7.05 Å². The Morgan fingerprint density at radius 1 is 1.71 bits per heavy atom. The van der Waals surface area contributed by atoms with Crippen LogP contribution in [0.2, 0.25) is 0 Å². The third-order valence-electron chi connectivity index (χ3n) is 2.06. The smallest absolute Gasteiger partial charge is 0.266 e. The van der Waals surface area contributed by atoms with Gasteiger partial charge < -0.3 is 4.90 Å². The minimum atomic E-state index is -0.791. The van der Waals surface area contributed by atoms with E-state index in [-0.39, 0.29) is 5.91 Å². The summed E-state index contributed by atoms with van der Waals surface area (Å²) in [5.41, 5.74) is 0.807. The summed E-state index contributed by atoms with van der Waals surface area (Å²) in [6.45, 7) is 3.40. The summed E-state index contributed by atoms with van der Waals surface area (Å²) in [5.74, 6) is -0.168. The Bertz CT molecular complexity index is 364. The molecule has 74 valence electrons. The molecular weight excluding hydrogens is 198 g/mol. The number of carbonyl (C=O) groups is 1. The molecule has 1 rings (SSSR count). The van der Waals surface area contributed by atoms with Crippen molar-refractivity contribution >= 4 is 17.2 Å². The van der Waals surface area contributed by atoms with E-state index in [9.17, 15) is 4.79 Å². The summed E-state index contributed by atoms with van der Waals surface area (Å²) < 4.78 is 0. The number of thiazole rings is 1. The number of amides is 1. The molecule has 0 N–H and O–H groups in total. The Morgan fingerprint density at radius 2 is 2.36 bits per heavy atom. The van der Waals surface area contributed by atoms with Gasteiger partial charge in [-0.15, -0.1) is 11.3 Å². The molecule has 0 unspecified atom stereocenters. The minimum Gasteiger partial charge on any atom is -0.323 e. The van der Waals surface area contributed by atoms with Gasteiger partial charge in [-0.3, -0.25) is 9.78 Å². The van der Waals surface area contributed by atoms with Crippen LogP contribution in [-0.2, 0) is 0 Å². The fourth-order valence-electron chi connectivity index (χ4n) is 0.816. The van der Waals surface area contributed by atoms with Gasteiger partial charge in [-0.05, 0) is 13.8 Å². The van der Waals surface area contributed by atoms with Crippen molar-refractivity contribution in [3.05, 3.63) is 16.6 Å². The van der Waals surface area contributed by atoms with Crippen molar-refractivity contribution in [3.8, 4) is 6.07 Å². The van der Waals surface area contributed by atoms with Gasteiger partial charge in [0.15, 0.2) is 0 Å². The van der Waals surface area contributed by atoms with E-state index < -0.39 is 5.54 Å². The van der Waals surface area contributed by atoms with Gasteiger partial charge in [0.1, 0.15) is 10.4 Å². The highest BCUT2D eigenvalue weighted by atomic mass is 32.1. The Kier molecular flexibility index (Phi) is 2.87. The summed E-state index contributed by atoms with van der Waals surface area (Å²) in [6, 6.07) is 2.07. The van der Waals surface area contributed by atoms with E-state index in [0.29, 0.717) is 4.88 Å². The molecule has 14 heavy (non-hydrogen) atoms. The lowest BCUT2D eigenvalue weighted by molar-refractivity contribution is 0.0703. The predicted molar refractivity (Wildman–Crippen MR) is 53.9 cm³/mol. The van der Waals surface area contributed by atoms with Crippen molar-refractivity contribution in [1.82, 2.24) is 9.88 Å². The van der Waals surface area contributed by atoms with Gasteiger partial charge in [-0.1, -0.05) is 0 Å². The first kappa shape index (κ1) is 10.7. The van der Waals surface area contributed by atoms with Crippen molar-refractivity contribution in [2.45, 2.75) is 19.4 Å². The molecule has 1 heterocycles. The summed E-state index contributed by atoms with van der Waals surface area (Å²) in [5, 5.41) is 8.85. The van der Waals surface area contributed by atoms with Crippen LogP contribution in [0.25, 0.3) is 0 Å². The maximum absolute atomic E-state index is 11.8. The van der Waals surface area contributed by atoms with Gasteiger partial charge in [0.2, 0.25) is 0 Å². The second kappa shape index (κ2) is 3.76. The maximum Gasteiger partial charge on any atom is 0.266 e. The molecule has 0 aliphatic carbocycles. The minimum absolute atomic E-state index is 0.168. The number of rotatable bonds is 2. The van der Waals surface area contributed by atoms with Gasteiger partial charge in [-0.2, -0.15) is 5.26 Å². The lowest BCUT2D eigenvalue weighted by Gasteiger charge is -2.28. The summed E-state index contributed by atoms with van der Waals surface area (Å²) in [6.07, 6.45) is 1.51. The van der Waals surface area contributed by atoms with E-state index in [4.69, 9.17) is 5.26 Å². The van der Waals surface area contributed by atoms with Crippen LogP contribution in [0.3, 0.4) is 0 Å². The highest BCUT2D eigenvalue weighted by molar-refractivity contribution is 7.11. The van der Waals surface area contributed by atoms with E-state index in [1.165, 1.54) is 22.4 Å². The average molecular weight is 209 g/mol. The fraction of sp³-hybridized carbons (Fsp3) is 0.444. The zero-order chi connectivity index (χ0) is 10.8. The van der Waals surface area contributed by atoms with E-state index in [1.807, 2.05) is 0 Å². The highest BCUT2D eigenvalue weighted by Crippen LogP contribution is 2.16. The first-order chi connectivity index (χ1) is 6.49. The monoisotopic (exact) mass is 209 g/mol. The summed E-state index contributed by atoms with van der Waals surface area (Å²) >= 11 is 1.27. The fourth-order valence-corrected chi connectivity index (χ4v) is 1.41. The van der Waals surface area contributed by atoms with Crippen molar-refractivity contribution in [2.24, 2.45) is 0 Å². The highest BCUT2D eigenvalue weighted by Gasteiger charge is 2.28. The Hall–Kier alpha value is -1.41. The summed E-state index contributed by atoms with van der Waals surface area (Å²) in [7, 11) is 1.62. The number of nitrogens with zero attached hydrogens (tertiary/aromatic N) is 3. The number of carbonyl (C=O) groups excluding carboxylic acids is 1. The lowest BCUT2D eigenvalue weighted by atomic mass is 10.1. The van der Waals surface area contributed by atoms with E-state index >= 15 is 0 Å². The second-order valence-electron chi connectivity index (χ2n) is 3.40. The quantitative estimate of drug-likeness (QED) is 0.742. The zero-order valence-electron chi connectivity index (χ0n) is 8.31. The van der Waals surface area contributed by atoms with Crippen LogP contribution in [0.1, 0.15) is 23.5 Å². The van der Waals surface area contributed by atoms with E-state index in [0.717, 1.165) is 0 Å². The average Bonchev–Trinajstić information content (AvgIpc) is 2.68. The predicted octanol–water partition coefficient (Wildman–Crippen LogP) is 1.52. The molecule has 0 aliphatic heterocycles. The van der Waals surface area contributed by atoms with Gasteiger partial charge in [-0.25, -0.2) is 0 Å². The molecule has 1 aromatic heterocycles. The number of nitriles is 1. The normalized spacial score (nSPS) is 10.7. The molecule has 0 spiro atoms. The van der Waals surface area contributed by atoms with Crippen LogP contribution in [0.15, 0.2) is 11.7 Å². The molecular formula is C9H11N3OS. The van der Waals surface area contributed by atoms with Crippen LogP contribution in [-0.4, -0.2) is 28.4 Å². The molecule has 0 bridgehead atoms. The Balaban J connectivity index is 2.88. The first-order valence-electron chi connectivity index (χ1n) is 4.07. The van der Waals surface area contributed by atoms with Gasteiger partial charge in [0, 0.05) is 7.05 Å². The number of hydrogen-bond donors (Lipinski definition) is 0. The standard InChI is InChI=1S/C9H11N3OS/c1-9(2,5-10)12(3)8(13)7-4-11-6-14-7/h4,6H,1-3H3. The van der Waals surface area contributed by atoms with Gasteiger partial charge >= 0.3 is 0 Å². The van der Waals surface area contributed by atoms with Gasteiger partial charge in [0.25, 0.3) is 5.91 Å². The van der Waals surface area contributed by atoms with E-state index in [2.05, 4.69) is 11.1 Å². The van der Waals surface area contributed by atoms with Crippen molar-refractivity contribution in [3.63, 3.8) is 0 Å². The van der Waals surface area contributed by atoms with Gasteiger partial charge in [0.05, 0.1) is 17.8 Å². The third kappa shape index (κ3) is 1.91. The molecule has 0 saturated carbocycles. The molecule has 0 aromatic carbocycles. The molecule has 0 saturated heterocycles. The first-order valence-corrected chi connectivity index (χ1v) is 4.95. The molecule has 1 amide bonds. The molecule has 0 atom stereocenters. The molecule has 4 nitrogen and oxygen atoms in total.